The lowest BCUT2D eigenvalue weighted by Gasteiger charge is -2.37. The Hall–Kier alpha value is -1.46. The maximum absolute atomic E-state index is 12.5. The summed E-state index contributed by atoms with van der Waals surface area (Å²) in [6.45, 7) is 5.21. The van der Waals surface area contributed by atoms with E-state index in [-0.39, 0.29) is 24.6 Å². The number of nitrogens with one attached hydrogen (secondary N) is 1. The molecule has 0 bridgehead atoms. The number of ether oxygens (including phenoxy) is 2. The third-order valence-electron chi connectivity index (χ3n) is 5.88. The van der Waals surface area contributed by atoms with E-state index in [1.807, 2.05) is 24.3 Å². The number of halogens is 1. The van der Waals surface area contributed by atoms with Gasteiger partial charge in [-0.15, -0.1) is 12.4 Å². The zero-order chi connectivity index (χ0) is 19.6. The van der Waals surface area contributed by atoms with Gasteiger partial charge in [-0.05, 0) is 63.7 Å². The highest BCUT2D eigenvalue weighted by molar-refractivity contribution is 5.85. The van der Waals surface area contributed by atoms with Crippen LogP contribution in [0.2, 0.25) is 0 Å². The van der Waals surface area contributed by atoms with Crippen molar-refractivity contribution in [3.05, 3.63) is 24.3 Å². The Labute approximate surface area is 181 Å². The van der Waals surface area contributed by atoms with Crippen molar-refractivity contribution in [2.75, 3.05) is 25.0 Å². The van der Waals surface area contributed by atoms with Crippen molar-refractivity contribution in [2.24, 2.45) is 0 Å². The molecular formula is C23H37ClN2O3. The van der Waals surface area contributed by atoms with Crippen molar-refractivity contribution in [3.63, 3.8) is 0 Å². The van der Waals surface area contributed by atoms with Crippen LogP contribution in [0.1, 0.15) is 71.1 Å². The van der Waals surface area contributed by atoms with Crippen LogP contribution >= 0.6 is 12.4 Å². The van der Waals surface area contributed by atoms with E-state index in [0.29, 0.717) is 12.6 Å². The second-order valence-electron chi connectivity index (χ2n) is 8.10. The Morgan fingerprint density at radius 1 is 1.10 bits per heavy atom. The van der Waals surface area contributed by atoms with Crippen LogP contribution in [0.5, 0.6) is 5.75 Å². The highest BCUT2D eigenvalue weighted by atomic mass is 35.5. The SMILES string of the molecule is CCCCCCOc1cccc(NC(=O)O[C@@H]2CCCC[C@H]2N2CCCC2)c1.Cl. The fourth-order valence-electron chi connectivity index (χ4n) is 4.37. The van der Waals surface area contributed by atoms with Crippen molar-refractivity contribution in [3.8, 4) is 5.75 Å². The molecule has 1 amide bonds. The van der Waals surface area contributed by atoms with Gasteiger partial charge in [-0.3, -0.25) is 10.2 Å². The molecule has 2 fully saturated rings. The number of anilines is 1. The summed E-state index contributed by atoms with van der Waals surface area (Å²) in [6.07, 6.45) is 11.4. The number of nitrogens with zero attached hydrogens (tertiary/aromatic N) is 1. The summed E-state index contributed by atoms with van der Waals surface area (Å²) in [5.74, 6) is 0.793. The maximum atomic E-state index is 12.5. The monoisotopic (exact) mass is 424 g/mol. The third-order valence-corrected chi connectivity index (χ3v) is 5.88. The highest BCUT2D eigenvalue weighted by Gasteiger charge is 2.34. The van der Waals surface area contributed by atoms with Gasteiger partial charge in [0.1, 0.15) is 11.9 Å². The maximum Gasteiger partial charge on any atom is 0.411 e. The topological polar surface area (TPSA) is 50.8 Å². The van der Waals surface area contributed by atoms with Crippen molar-refractivity contribution >= 4 is 24.2 Å². The van der Waals surface area contributed by atoms with E-state index in [4.69, 9.17) is 9.47 Å². The van der Waals surface area contributed by atoms with Gasteiger partial charge in [0.25, 0.3) is 0 Å². The number of carbonyl (C=O) groups excluding carboxylic acids is 1. The molecule has 1 aromatic rings. The van der Waals surface area contributed by atoms with Gasteiger partial charge in [0.15, 0.2) is 0 Å². The smallest absolute Gasteiger partial charge is 0.411 e. The Balaban J connectivity index is 0.00000300. The molecule has 6 heteroatoms. The molecule has 0 radical (unpaired) electrons. The van der Waals surface area contributed by atoms with Crippen LogP contribution in [0.3, 0.4) is 0 Å². The first-order chi connectivity index (χ1) is 13.8. The molecule has 1 aliphatic carbocycles. The van der Waals surface area contributed by atoms with E-state index >= 15 is 0 Å². The molecule has 164 valence electrons. The molecule has 29 heavy (non-hydrogen) atoms. The van der Waals surface area contributed by atoms with Crippen molar-refractivity contribution in [2.45, 2.75) is 83.3 Å². The van der Waals surface area contributed by atoms with Gasteiger partial charge in [-0.25, -0.2) is 4.79 Å². The molecule has 0 aromatic heterocycles. The van der Waals surface area contributed by atoms with E-state index in [2.05, 4.69) is 17.1 Å². The minimum absolute atomic E-state index is 0. The summed E-state index contributed by atoms with van der Waals surface area (Å²) < 4.78 is 11.7. The molecule has 1 N–H and O–H groups in total. The van der Waals surface area contributed by atoms with Gasteiger partial charge in [-0.2, -0.15) is 0 Å². The van der Waals surface area contributed by atoms with Crippen LogP contribution in [0, 0.1) is 0 Å². The minimum Gasteiger partial charge on any atom is -0.494 e. The normalized spacial score (nSPS) is 22.0. The first-order valence-electron chi connectivity index (χ1n) is 11.2. The van der Waals surface area contributed by atoms with E-state index in [0.717, 1.165) is 50.2 Å². The highest BCUT2D eigenvalue weighted by Crippen LogP contribution is 2.28. The lowest BCUT2D eigenvalue weighted by atomic mass is 9.91. The summed E-state index contributed by atoms with van der Waals surface area (Å²) in [5, 5.41) is 2.89. The van der Waals surface area contributed by atoms with Crippen LogP contribution in [0.15, 0.2) is 24.3 Å². The largest absolute Gasteiger partial charge is 0.494 e. The van der Waals surface area contributed by atoms with Crippen LogP contribution in [0.4, 0.5) is 10.5 Å². The number of unbranched alkanes of at least 4 members (excludes halogenated alkanes) is 3. The second-order valence-corrected chi connectivity index (χ2v) is 8.10. The van der Waals surface area contributed by atoms with Gasteiger partial charge in [0.05, 0.1) is 6.61 Å². The Bertz CT molecular complexity index is 608. The average Bonchev–Trinajstić information content (AvgIpc) is 3.23. The zero-order valence-corrected chi connectivity index (χ0v) is 18.6. The number of amides is 1. The van der Waals surface area contributed by atoms with Gasteiger partial charge in [0, 0.05) is 17.8 Å². The predicted octanol–water partition coefficient (Wildman–Crippen LogP) is 6.02. The van der Waals surface area contributed by atoms with E-state index in [1.165, 1.54) is 38.5 Å². The van der Waals surface area contributed by atoms with E-state index in [1.54, 1.807) is 0 Å². The van der Waals surface area contributed by atoms with Crippen molar-refractivity contribution in [1.82, 2.24) is 4.90 Å². The summed E-state index contributed by atoms with van der Waals surface area (Å²) in [7, 11) is 0. The first kappa shape index (κ1) is 23.8. The van der Waals surface area contributed by atoms with Gasteiger partial charge >= 0.3 is 6.09 Å². The van der Waals surface area contributed by atoms with Gasteiger partial charge in [0.2, 0.25) is 0 Å². The second kappa shape index (κ2) is 13.0. The number of rotatable bonds is 9. The zero-order valence-electron chi connectivity index (χ0n) is 17.7. The Morgan fingerprint density at radius 2 is 1.90 bits per heavy atom. The van der Waals surface area contributed by atoms with Crippen molar-refractivity contribution < 1.29 is 14.3 Å². The van der Waals surface area contributed by atoms with Gasteiger partial charge < -0.3 is 9.47 Å². The molecule has 0 spiro atoms. The lowest BCUT2D eigenvalue weighted by molar-refractivity contribution is 0.0176. The molecule has 1 aliphatic heterocycles. The van der Waals surface area contributed by atoms with Crippen LogP contribution < -0.4 is 10.1 Å². The molecule has 2 aliphatic rings. The lowest BCUT2D eigenvalue weighted by Crippen LogP contribution is -2.46. The molecule has 1 aromatic carbocycles. The fraction of sp³-hybridized carbons (Fsp3) is 0.696. The number of hydrogen-bond acceptors (Lipinski definition) is 4. The van der Waals surface area contributed by atoms with Crippen LogP contribution in [0.25, 0.3) is 0 Å². The quantitative estimate of drug-likeness (QED) is 0.492. The molecule has 3 rings (SSSR count). The average molecular weight is 425 g/mol. The molecule has 1 saturated carbocycles. The molecule has 2 atom stereocenters. The minimum atomic E-state index is -0.351. The summed E-state index contributed by atoms with van der Waals surface area (Å²) in [4.78, 5) is 15.0. The van der Waals surface area contributed by atoms with Gasteiger partial charge in [-0.1, -0.05) is 38.7 Å². The Morgan fingerprint density at radius 3 is 2.69 bits per heavy atom. The summed E-state index contributed by atoms with van der Waals surface area (Å²) >= 11 is 0. The number of likely N-dealkylation sites (tertiary alicyclic amines) is 1. The van der Waals surface area contributed by atoms with Crippen molar-refractivity contribution in [1.29, 1.82) is 0 Å². The first-order valence-corrected chi connectivity index (χ1v) is 11.2. The third kappa shape index (κ3) is 7.71. The standard InChI is InChI=1S/C23H36N2O3.ClH/c1-2-3-4-9-17-27-20-12-10-11-19(18-20)24-23(26)28-22-14-6-5-13-21(22)25-15-7-8-16-25;/h10-12,18,21-22H,2-9,13-17H2,1H3,(H,24,26);1H/t21-,22-;/m1./s1. The predicted molar refractivity (Wildman–Crippen MR) is 120 cm³/mol. The van der Waals surface area contributed by atoms with Crippen LogP contribution in [-0.2, 0) is 4.74 Å². The molecule has 1 saturated heterocycles. The molecule has 0 unspecified atom stereocenters. The Kier molecular flexibility index (Phi) is 10.6. The summed E-state index contributed by atoms with van der Waals surface area (Å²) in [5.41, 5.74) is 0.726. The van der Waals surface area contributed by atoms with E-state index < -0.39 is 0 Å². The molecular weight excluding hydrogens is 388 g/mol. The van der Waals surface area contributed by atoms with Crippen LogP contribution in [-0.4, -0.2) is 42.8 Å². The molecule has 1 heterocycles. The summed E-state index contributed by atoms with van der Waals surface area (Å²) in [6, 6.07) is 7.98. The number of benzene rings is 1. The molecule has 5 nitrogen and oxygen atoms in total. The number of carbonyl (C=O) groups is 1. The fourth-order valence-corrected chi connectivity index (χ4v) is 4.37. The van der Waals surface area contributed by atoms with E-state index in [9.17, 15) is 4.79 Å². The number of hydrogen-bond donors (Lipinski definition) is 1.